The maximum atomic E-state index is 12.6. The number of nitrogens with zero attached hydrogens (tertiary/aromatic N) is 1. The van der Waals surface area contributed by atoms with Gasteiger partial charge in [0.2, 0.25) is 0 Å². The molecule has 0 bridgehead atoms. The number of hydrogen-bond acceptors (Lipinski definition) is 3. The topological polar surface area (TPSA) is 50.5 Å². The molecule has 1 fully saturated rings. The normalized spacial score (nSPS) is 18.6. The Morgan fingerprint density at radius 2 is 1.88 bits per heavy atom. The molecule has 4 heteroatoms. The number of fused-ring (bicyclic) bond motifs is 2. The number of amides is 1. The molecule has 2 aromatic rings. The molecule has 0 N–H and O–H groups in total. The standard InChI is InChI=1S/C20H21NO3/c1-14-12-16(22)13-18(24-14)19(23)21-10-8-20(9-11-21)7-6-15-4-2-3-5-17(15)20/h2-5,12-13H,6-11H2,1H3. The lowest BCUT2D eigenvalue weighted by atomic mass is 9.74. The van der Waals surface area contributed by atoms with Gasteiger partial charge in [-0.25, -0.2) is 0 Å². The van der Waals surface area contributed by atoms with Crippen LogP contribution >= 0.6 is 0 Å². The average molecular weight is 323 g/mol. The second-order valence-electron chi connectivity index (χ2n) is 7.00. The molecule has 1 aromatic heterocycles. The number of hydrogen-bond donors (Lipinski definition) is 0. The number of benzene rings is 1. The second-order valence-corrected chi connectivity index (χ2v) is 7.00. The lowest BCUT2D eigenvalue weighted by Crippen LogP contribution is -2.44. The van der Waals surface area contributed by atoms with E-state index in [4.69, 9.17) is 4.42 Å². The van der Waals surface area contributed by atoms with Crippen molar-refractivity contribution in [2.75, 3.05) is 13.1 Å². The molecule has 24 heavy (non-hydrogen) atoms. The van der Waals surface area contributed by atoms with Crippen LogP contribution in [0.1, 0.15) is 46.7 Å². The van der Waals surface area contributed by atoms with E-state index < -0.39 is 0 Å². The molecule has 1 aliphatic carbocycles. The Morgan fingerprint density at radius 1 is 1.12 bits per heavy atom. The van der Waals surface area contributed by atoms with Crippen LogP contribution in [0.5, 0.6) is 0 Å². The first-order valence-electron chi connectivity index (χ1n) is 8.57. The van der Waals surface area contributed by atoms with Crippen LogP contribution < -0.4 is 5.43 Å². The molecule has 124 valence electrons. The summed E-state index contributed by atoms with van der Waals surface area (Å²) in [6.07, 6.45) is 4.27. The Balaban J connectivity index is 1.53. The van der Waals surface area contributed by atoms with Crippen molar-refractivity contribution in [1.29, 1.82) is 0 Å². The minimum atomic E-state index is -0.180. The van der Waals surface area contributed by atoms with Gasteiger partial charge < -0.3 is 9.32 Å². The third kappa shape index (κ3) is 2.46. The van der Waals surface area contributed by atoms with E-state index in [0.717, 1.165) is 19.3 Å². The minimum absolute atomic E-state index is 0.155. The molecule has 1 amide bonds. The Kier molecular flexibility index (Phi) is 3.56. The summed E-state index contributed by atoms with van der Waals surface area (Å²) < 4.78 is 5.46. The highest BCUT2D eigenvalue weighted by atomic mass is 16.3. The molecule has 0 atom stereocenters. The summed E-state index contributed by atoms with van der Waals surface area (Å²) in [4.78, 5) is 26.1. The zero-order valence-electron chi connectivity index (χ0n) is 13.9. The van der Waals surface area contributed by atoms with Crippen LogP contribution in [0.25, 0.3) is 0 Å². The zero-order chi connectivity index (χ0) is 16.7. The first-order valence-corrected chi connectivity index (χ1v) is 8.57. The van der Waals surface area contributed by atoms with E-state index >= 15 is 0 Å². The van der Waals surface area contributed by atoms with Crippen molar-refractivity contribution in [3.8, 4) is 0 Å². The summed E-state index contributed by atoms with van der Waals surface area (Å²) in [5.74, 6) is 0.462. The van der Waals surface area contributed by atoms with E-state index in [9.17, 15) is 9.59 Å². The van der Waals surface area contributed by atoms with Crippen molar-refractivity contribution in [3.63, 3.8) is 0 Å². The molecule has 1 saturated heterocycles. The largest absolute Gasteiger partial charge is 0.456 e. The molecule has 1 spiro atoms. The SMILES string of the molecule is Cc1cc(=O)cc(C(=O)N2CCC3(CCc4ccccc43)CC2)o1. The molecular weight excluding hydrogens is 302 g/mol. The minimum Gasteiger partial charge on any atom is -0.456 e. The van der Waals surface area contributed by atoms with Crippen LogP contribution in [0.4, 0.5) is 0 Å². The number of piperidine rings is 1. The first-order chi connectivity index (χ1) is 11.6. The van der Waals surface area contributed by atoms with E-state index in [1.807, 2.05) is 4.90 Å². The molecular formula is C20H21NO3. The van der Waals surface area contributed by atoms with Crippen molar-refractivity contribution >= 4 is 5.91 Å². The molecule has 0 unspecified atom stereocenters. The van der Waals surface area contributed by atoms with E-state index in [1.54, 1.807) is 6.92 Å². The summed E-state index contributed by atoms with van der Waals surface area (Å²) in [5, 5.41) is 0. The fourth-order valence-electron chi connectivity index (χ4n) is 4.29. The molecule has 0 radical (unpaired) electrons. The van der Waals surface area contributed by atoms with Crippen LogP contribution in [0, 0.1) is 6.92 Å². The monoisotopic (exact) mass is 323 g/mol. The number of rotatable bonds is 1. The van der Waals surface area contributed by atoms with Gasteiger partial charge in [-0.05, 0) is 49.1 Å². The van der Waals surface area contributed by atoms with Crippen LogP contribution in [0.3, 0.4) is 0 Å². The van der Waals surface area contributed by atoms with Crippen molar-refractivity contribution in [2.45, 2.75) is 38.0 Å². The summed E-state index contributed by atoms with van der Waals surface area (Å²) in [6.45, 7) is 3.12. The van der Waals surface area contributed by atoms with Gasteiger partial charge in [0.15, 0.2) is 11.2 Å². The van der Waals surface area contributed by atoms with Crippen molar-refractivity contribution in [1.82, 2.24) is 4.90 Å². The molecule has 2 aliphatic rings. The fourth-order valence-corrected chi connectivity index (χ4v) is 4.29. The summed E-state index contributed by atoms with van der Waals surface area (Å²) in [7, 11) is 0. The van der Waals surface area contributed by atoms with Gasteiger partial charge in [-0.3, -0.25) is 9.59 Å². The maximum absolute atomic E-state index is 12.6. The van der Waals surface area contributed by atoms with Gasteiger partial charge in [0.25, 0.3) is 5.91 Å². The van der Waals surface area contributed by atoms with E-state index in [2.05, 4.69) is 24.3 Å². The van der Waals surface area contributed by atoms with E-state index in [1.165, 1.54) is 29.7 Å². The quantitative estimate of drug-likeness (QED) is 0.810. The van der Waals surface area contributed by atoms with Crippen LogP contribution in [0.2, 0.25) is 0 Å². The van der Waals surface area contributed by atoms with Crippen LogP contribution in [0.15, 0.2) is 45.6 Å². The zero-order valence-corrected chi connectivity index (χ0v) is 13.9. The van der Waals surface area contributed by atoms with Gasteiger partial charge in [0.1, 0.15) is 5.76 Å². The molecule has 1 aromatic carbocycles. The number of carbonyl (C=O) groups is 1. The van der Waals surface area contributed by atoms with Gasteiger partial charge in [-0.15, -0.1) is 0 Å². The number of carbonyl (C=O) groups excluding carboxylic acids is 1. The number of likely N-dealkylation sites (tertiary alicyclic amines) is 1. The Bertz CT molecular complexity index is 844. The average Bonchev–Trinajstić information content (AvgIpc) is 2.93. The summed E-state index contributed by atoms with van der Waals surface area (Å²) in [6, 6.07) is 11.4. The van der Waals surface area contributed by atoms with Crippen molar-refractivity contribution in [3.05, 3.63) is 69.3 Å². The summed E-state index contributed by atoms with van der Waals surface area (Å²) >= 11 is 0. The van der Waals surface area contributed by atoms with Gasteiger partial charge in [0.05, 0.1) is 0 Å². The Hall–Kier alpha value is -2.36. The lowest BCUT2D eigenvalue weighted by Gasteiger charge is -2.40. The highest BCUT2D eigenvalue weighted by Gasteiger charge is 2.41. The third-order valence-corrected chi connectivity index (χ3v) is 5.57. The van der Waals surface area contributed by atoms with Crippen molar-refractivity contribution in [2.24, 2.45) is 0 Å². The molecule has 4 rings (SSSR count). The van der Waals surface area contributed by atoms with E-state index in [0.29, 0.717) is 18.8 Å². The smallest absolute Gasteiger partial charge is 0.289 e. The Morgan fingerprint density at radius 3 is 2.62 bits per heavy atom. The molecule has 2 heterocycles. The number of aryl methyl sites for hydroxylation is 2. The van der Waals surface area contributed by atoms with Gasteiger partial charge in [-0.2, -0.15) is 0 Å². The van der Waals surface area contributed by atoms with Crippen LogP contribution in [-0.4, -0.2) is 23.9 Å². The first kappa shape index (κ1) is 15.2. The lowest BCUT2D eigenvalue weighted by molar-refractivity contribution is 0.0630. The van der Waals surface area contributed by atoms with Gasteiger partial charge in [0, 0.05) is 25.2 Å². The summed E-state index contributed by atoms with van der Waals surface area (Å²) in [5.41, 5.74) is 2.97. The molecule has 1 aliphatic heterocycles. The van der Waals surface area contributed by atoms with Crippen molar-refractivity contribution < 1.29 is 9.21 Å². The molecule has 4 nitrogen and oxygen atoms in total. The second kappa shape index (κ2) is 5.62. The third-order valence-electron chi connectivity index (χ3n) is 5.57. The maximum Gasteiger partial charge on any atom is 0.289 e. The van der Waals surface area contributed by atoms with Crippen LogP contribution in [-0.2, 0) is 11.8 Å². The Labute approximate surface area is 141 Å². The van der Waals surface area contributed by atoms with Gasteiger partial charge in [-0.1, -0.05) is 24.3 Å². The molecule has 0 saturated carbocycles. The van der Waals surface area contributed by atoms with E-state index in [-0.39, 0.29) is 22.5 Å². The highest BCUT2D eigenvalue weighted by molar-refractivity contribution is 5.91. The predicted octanol–water partition coefficient (Wildman–Crippen LogP) is 3.07. The fraction of sp³-hybridized carbons (Fsp3) is 0.400. The highest BCUT2D eigenvalue weighted by Crippen LogP contribution is 2.46. The predicted molar refractivity (Wildman–Crippen MR) is 91.3 cm³/mol. The van der Waals surface area contributed by atoms with Gasteiger partial charge >= 0.3 is 0 Å².